The Morgan fingerprint density at radius 1 is 1.22 bits per heavy atom. The quantitative estimate of drug-likeness (QED) is 0.792. The Kier molecular flexibility index (Phi) is 5.75. The fourth-order valence-corrected chi connectivity index (χ4v) is 3.28. The van der Waals surface area contributed by atoms with E-state index in [0.29, 0.717) is 19.7 Å². The van der Waals surface area contributed by atoms with Crippen molar-refractivity contribution in [3.8, 4) is 5.75 Å². The monoisotopic (exact) mass is 318 g/mol. The number of nitrogens with one attached hydrogen (secondary N) is 2. The van der Waals surface area contributed by atoms with Crippen molar-refractivity contribution < 1.29 is 14.3 Å². The van der Waals surface area contributed by atoms with E-state index < -0.39 is 0 Å². The highest BCUT2D eigenvalue weighted by atomic mass is 16.5. The van der Waals surface area contributed by atoms with Crippen LogP contribution in [0, 0.1) is 0 Å². The van der Waals surface area contributed by atoms with Gasteiger partial charge < -0.3 is 20.1 Å². The molecule has 3 rings (SSSR count). The van der Waals surface area contributed by atoms with Crippen molar-refractivity contribution in [1.29, 1.82) is 0 Å². The Morgan fingerprint density at radius 3 is 3.00 bits per heavy atom. The fraction of sp³-hybridized carbons (Fsp3) is 0.611. The van der Waals surface area contributed by atoms with Gasteiger partial charge >= 0.3 is 6.03 Å². The number of carbonyl (C=O) groups is 1. The standard InChI is InChI=1S/C18H26N2O3/c21-18(20-13-15-7-4-11-22-15)19-10-12-23-17-9-3-6-14-5-1-2-8-16(14)17/h3,6,9,15H,1-2,4-5,7-8,10-13H2,(H2,19,20,21). The van der Waals surface area contributed by atoms with Gasteiger partial charge in [-0.2, -0.15) is 0 Å². The highest BCUT2D eigenvalue weighted by Gasteiger charge is 2.16. The zero-order valence-electron chi connectivity index (χ0n) is 13.6. The van der Waals surface area contributed by atoms with E-state index in [4.69, 9.17) is 9.47 Å². The molecule has 1 saturated heterocycles. The molecule has 0 aromatic heterocycles. The van der Waals surface area contributed by atoms with Crippen LogP contribution in [0.2, 0.25) is 0 Å². The van der Waals surface area contributed by atoms with Crippen LogP contribution in [0.25, 0.3) is 0 Å². The SMILES string of the molecule is O=C(NCCOc1cccc2c1CCCC2)NCC1CCCO1. The highest BCUT2D eigenvalue weighted by molar-refractivity contribution is 5.73. The molecule has 1 unspecified atom stereocenters. The molecule has 1 aliphatic carbocycles. The maximum absolute atomic E-state index is 11.7. The summed E-state index contributed by atoms with van der Waals surface area (Å²) in [7, 11) is 0. The number of amides is 2. The van der Waals surface area contributed by atoms with E-state index in [1.54, 1.807) is 0 Å². The van der Waals surface area contributed by atoms with E-state index in [2.05, 4.69) is 22.8 Å². The average Bonchev–Trinajstić information content (AvgIpc) is 3.10. The summed E-state index contributed by atoms with van der Waals surface area (Å²) in [6.07, 6.45) is 7.04. The molecule has 0 bridgehead atoms. The molecular formula is C18H26N2O3. The average molecular weight is 318 g/mol. The Hall–Kier alpha value is -1.75. The van der Waals surface area contributed by atoms with Gasteiger partial charge in [0.2, 0.25) is 0 Å². The van der Waals surface area contributed by atoms with E-state index in [1.807, 2.05) is 6.07 Å². The second kappa shape index (κ2) is 8.20. The molecule has 23 heavy (non-hydrogen) atoms. The van der Waals surface area contributed by atoms with Crippen molar-refractivity contribution in [2.24, 2.45) is 0 Å². The van der Waals surface area contributed by atoms with E-state index in [-0.39, 0.29) is 12.1 Å². The first-order valence-electron chi connectivity index (χ1n) is 8.70. The normalized spacial score (nSPS) is 19.9. The summed E-state index contributed by atoms with van der Waals surface area (Å²) in [4.78, 5) is 11.7. The van der Waals surface area contributed by atoms with Crippen LogP contribution in [0.3, 0.4) is 0 Å². The van der Waals surface area contributed by atoms with E-state index >= 15 is 0 Å². The molecule has 1 aromatic rings. The number of carbonyl (C=O) groups excluding carboxylic acids is 1. The summed E-state index contributed by atoms with van der Waals surface area (Å²) in [6, 6.07) is 6.13. The minimum absolute atomic E-state index is 0.154. The first-order chi connectivity index (χ1) is 11.3. The Bertz CT molecular complexity index is 527. The lowest BCUT2D eigenvalue weighted by atomic mass is 9.91. The van der Waals surface area contributed by atoms with Gasteiger partial charge in [-0.1, -0.05) is 12.1 Å². The number of rotatable bonds is 6. The van der Waals surface area contributed by atoms with Crippen LogP contribution < -0.4 is 15.4 Å². The van der Waals surface area contributed by atoms with Crippen molar-refractivity contribution >= 4 is 6.03 Å². The molecule has 0 saturated carbocycles. The van der Waals surface area contributed by atoms with Crippen molar-refractivity contribution in [3.05, 3.63) is 29.3 Å². The van der Waals surface area contributed by atoms with Gasteiger partial charge in [-0.15, -0.1) is 0 Å². The van der Waals surface area contributed by atoms with E-state index in [9.17, 15) is 4.79 Å². The van der Waals surface area contributed by atoms with Gasteiger partial charge in [0.25, 0.3) is 0 Å². The topological polar surface area (TPSA) is 59.6 Å². The van der Waals surface area contributed by atoms with Crippen LogP contribution in [0.1, 0.15) is 36.8 Å². The molecule has 1 atom stereocenters. The maximum atomic E-state index is 11.7. The van der Waals surface area contributed by atoms with Crippen LogP contribution in [0.4, 0.5) is 4.79 Å². The molecule has 0 spiro atoms. The molecule has 1 aliphatic heterocycles. The Balaban J connectivity index is 1.35. The molecule has 1 heterocycles. The second-order valence-corrected chi connectivity index (χ2v) is 6.22. The second-order valence-electron chi connectivity index (χ2n) is 6.22. The van der Waals surface area contributed by atoms with Gasteiger partial charge in [0.05, 0.1) is 12.6 Å². The molecule has 2 aliphatic rings. The van der Waals surface area contributed by atoms with E-state index in [1.165, 1.54) is 24.0 Å². The number of benzene rings is 1. The van der Waals surface area contributed by atoms with Crippen molar-refractivity contribution in [1.82, 2.24) is 10.6 Å². The van der Waals surface area contributed by atoms with Crippen LogP contribution in [0.15, 0.2) is 18.2 Å². The van der Waals surface area contributed by atoms with Gasteiger partial charge in [-0.05, 0) is 55.7 Å². The van der Waals surface area contributed by atoms with Gasteiger partial charge in [0.1, 0.15) is 12.4 Å². The number of fused-ring (bicyclic) bond motifs is 1. The molecule has 1 fully saturated rings. The number of aryl methyl sites for hydroxylation is 1. The minimum atomic E-state index is -0.154. The summed E-state index contributed by atoms with van der Waals surface area (Å²) in [5.41, 5.74) is 2.76. The lowest BCUT2D eigenvalue weighted by Gasteiger charge is -2.19. The zero-order chi connectivity index (χ0) is 15.9. The predicted molar refractivity (Wildman–Crippen MR) is 89.0 cm³/mol. The molecule has 5 heteroatoms. The van der Waals surface area contributed by atoms with Crippen LogP contribution >= 0.6 is 0 Å². The zero-order valence-corrected chi connectivity index (χ0v) is 13.6. The first-order valence-corrected chi connectivity index (χ1v) is 8.70. The maximum Gasteiger partial charge on any atom is 0.315 e. The van der Waals surface area contributed by atoms with Crippen molar-refractivity contribution in [3.63, 3.8) is 0 Å². The number of hydrogen-bond donors (Lipinski definition) is 2. The number of hydrogen-bond acceptors (Lipinski definition) is 3. The largest absolute Gasteiger partial charge is 0.491 e. The summed E-state index contributed by atoms with van der Waals surface area (Å²) >= 11 is 0. The first kappa shape index (κ1) is 16.1. The lowest BCUT2D eigenvalue weighted by Crippen LogP contribution is -2.41. The predicted octanol–water partition coefficient (Wildman–Crippen LogP) is 2.42. The third-order valence-electron chi connectivity index (χ3n) is 4.51. The van der Waals surface area contributed by atoms with Crippen LogP contribution in [0.5, 0.6) is 5.75 Å². The van der Waals surface area contributed by atoms with Gasteiger partial charge in [0, 0.05) is 13.2 Å². The van der Waals surface area contributed by atoms with Crippen molar-refractivity contribution in [2.75, 3.05) is 26.3 Å². The molecule has 126 valence electrons. The minimum Gasteiger partial charge on any atom is -0.491 e. The van der Waals surface area contributed by atoms with Crippen molar-refractivity contribution in [2.45, 2.75) is 44.6 Å². The molecule has 2 N–H and O–H groups in total. The summed E-state index contributed by atoms with van der Waals surface area (Å²) in [6.45, 7) is 2.38. The van der Waals surface area contributed by atoms with Crippen LogP contribution in [-0.4, -0.2) is 38.4 Å². The third-order valence-corrected chi connectivity index (χ3v) is 4.51. The van der Waals surface area contributed by atoms with Gasteiger partial charge in [-0.3, -0.25) is 0 Å². The van der Waals surface area contributed by atoms with E-state index in [0.717, 1.165) is 38.0 Å². The molecule has 2 amide bonds. The Labute approximate surface area is 137 Å². The number of urea groups is 1. The summed E-state index contributed by atoms with van der Waals surface area (Å²) in [5.74, 6) is 0.976. The molecule has 1 aromatic carbocycles. The summed E-state index contributed by atoms with van der Waals surface area (Å²) < 4.78 is 11.3. The van der Waals surface area contributed by atoms with Gasteiger partial charge in [-0.25, -0.2) is 4.79 Å². The van der Waals surface area contributed by atoms with Gasteiger partial charge in [0.15, 0.2) is 0 Å². The van der Waals surface area contributed by atoms with Crippen LogP contribution in [-0.2, 0) is 17.6 Å². The molecule has 0 radical (unpaired) electrons. The summed E-state index contributed by atoms with van der Waals surface area (Å²) in [5, 5.41) is 5.67. The fourth-order valence-electron chi connectivity index (χ4n) is 3.28. The molecule has 5 nitrogen and oxygen atoms in total. The lowest BCUT2D eigenvalue weighted by molar-refractivity contribution is 0.111. The number of ether oxygens (including phenoxy) is 2. The highest BCUT2D eigenvalue weighted by Crippen LogP contribution is 2.29. The smallest absolute Gasteiger partial charge is 0.315 e. The third kappa shape index (κ3) is 4.61. The Morgan fingerprint density at radius 2 is 2.13 bits per heavy atom. The molecular weight excluding hydrogens is 292 g/mol.